The molecule has 1 fully saturated rings. The Morgan fingerprint density at radius 2 is 1.03 bits per heavy atom. The van der Waals surface area contributed by atoms with Crippen LogP contribution in [0.3, 0.4) is 0 Å². The lowest BCUT2D eigenvalue weighted by atomic mass is 10.2. The molecular formula is C21H20N2O6. The molecule has 150 valence electrons. The molecule has 0 radical (unpaired) electrons. The van der Waals surface area contributed by atoms with Crippen LogP contribution in [0.25, 0.3) is 0 Å². The standard InChI is InChI=1S/C21H20N2O6/c1-14(24)22-13-23(15(2)25)19(29-21(27)17-11-7-4-8-12-17)18(22)28-20(26)16-9-5-3-6-10-16/h3-12,18-19H,13H2,1-2H3/t18-,19+. The van der Waals surface area contributed by atoms with Crippen LogP contribution in [-0.4, -0.2) is 52.7 Å². The van der Waals surface area contributed by atoms with Gasteiger partial charge in [0.25, 0.3) is 0 Å². The fraction of sp³-hybridized carbons (Fsp3) is 0.238. The van der Waals surface area contributed by atoms with Gasteiger partial charge in [-0.2, -0.15) is 0 Å². The molecule has 1 aliphatic heterocycles. The zero-order valence-corrected chi connectivity index (χ0v) is 16.0. The van der Waals surface area contributed by atoms with Crippen molar-refractivity contribution in [2.75, 3.05) is 6.67 Å². The third-order valence-corrected chi connectivity index (χ3v) is 4.45. The van der Waals surface area contributed by atoms with Crippen molar-refractivity contribution >= 4 is 23.8 Å². The van der Waals surface area contributed by atoms with Crippen LogP contribution in [0.1, 0.15) is 34.6 Å². The maximum atomic E-state index is 12.5. The van der Waals surface area contributed by atoms with Crippen LogP contribution in [0, 0.1) is 0 Å². The van der Waals surface area contributed by atoms with Crippen molar-refractivity contribution in [2.45, 2.75) is 26.3 Å². The molecule has 0 aliphatic carbocycles. The molecule has 8 heteroatoms. The predicted molar refractivity (Wildman–Crippen MR) is 101 cm³/mol. The summed E-state index contributed by atoms with van der Waals surface area (Å²) in [4.78, 5) is 51.6. The summed E-state index contributed by atoms with van der Waals surface area (Å²) >= 11 is 0. The highest BCUT2D eigenvalue weighted by Gasteiger charge is 2.48. The minimum Gasteiger partial charge on any atom is -0.432 e. The number of ether oxygens (including phenoxy) is 2. The summed E-state index contributed by atoms with van der Waals surface area (Å²) < 4.78 is 11.0. The number of esters is 2. The van der Waals surface area contributed by atoms with Gasteiger partial charge >= 0.3 is 11.9 Å². The molecule has 29 heavy (non-hydrogen) atoms. The molecule has 0 spiro atoms. The lowest BCUT2D eigenvalue weighted by molar-refractivity contribution is -0.145. The zero-order chi connectivity index (χ0) is 21.0. The summed E-state index contributed by atoms with van der Waals surface area (Å²) in [7, 11) is 0. The van der Waals surface area contributed by atoms with E-state index in [1.807, 2.05) is 0 Å². The number of hydrogen-bond donors (Lipinski definition) is 0. The summed E-state index contributed by atoms with van der Waals surface area (Å²) in [6.07, 6.45) is -2.53. The second kappa shape index (κ2) is 8.55. The molecule has 2 atom stereocenters. The molecule has 1 saturated heterocycles. The van der Waals surface area contributed by atoms with E-state index in [9.17, 15) is 19.2 Å². The van der Waals surface area contributed by atoms with Gasteiger partial charge in [-0.1, -0.05) is 36.4 Å². The minimum atomic E-state index is -1.27. The Bertz CT molecular complexity index is 840. The Morgan fingerprint density at radius 3 is 1.34 bits per heavy atom. The number of amides is 2. The first-order valence-corrected chi connectivity index (χ1v) is 8.95. The minimum absolute atomic E-state index is 0.163. The molecular weight excluding hydrogens is 376 g/mol. The molecule has 2 amide bonds. The molecule has 0 unspecified atom stereocenters. The Hall–Kier alpha value is -3.68. The van der Waals surface area contributed by atoms with E-state index in [0.717, 1.165) is 0 Å². The number of carbonyl (C=O) groups is 4. The molecule has 0 aromatic heterocycles. The first kappa shape index (κ1) is 20.1. The third kappa shape index (κ3) is 4.43. The van der Waals surface area contributed by atoms with Crippen LogP contribution in [0.4, 0.5) is 0 Å². The van der Waals surface area contributed by atoms with Crippen LogP contribution in [0.15, 0.2) is 60.7 Å². The van der Waals surface area contributed by atoms with E-state index >= 15 is 0 Å². The highest BCUT2D eigenvalue weighted by Crippen LogP contribution is 2.25. The van der Waals surface area contributed by atoms with Gasteiger partial charge in [0.15, 0.2) is 0 Å². The topological polar surface area (TPSA) is 93.2 Å². The molecule has 0 N–H and O–H groups in total. The largest absolute Gasteiger partial charge is 0.432 e. The number of benzene rings is 2. The molecule has 1 heterocycles. The van der Waals surface area contributed by atoms with E-state index in [1.165, 1.54) is 23.6 Å². The fourth-order valence-electron chi connectivity index (χ4n) is 2.94. The predicted octanol–water partition coefficient (Wildman–Crippen LogP) is 2.02. The summed E-state index contributed by atoms with van der Waals surface area (Å²) in [6, 6.07) is 16.4. The van der Waals surface area contributed by atoms with Crippen molar-refractivity contribution < 1.29 is 28.7 Å². The fourth-order valence-corrected chi connectivity index (χ4v) is 2.94. The van der Waals surface area contributed by atoms with Crippen molar-refractivity contribution in [3.05, 3.63) is 71.8 Å². The maximum Gasteiger partial charge on any atom is 0.340 e. The average molecular weight is 396 g/mol. The Morgan fingerprint density at radius 1 is 0.690 bits per heavy atom. The Kier molecular flexibility index (Phi) is 5.92. The highest BCUT2D eigenvalue weighted by molar-refractivity contribution is 5.91. The van der Waals surface area contributed by atoms with Crippen LogP contribution in [0.2, 0.25) is 0 Å². The molecule has 0 bridgehead atoms. The maximum absolute atomic E-state index is 12.5. The van der Waals surface area contributed by atoms with Gasteiger partial charge in [0.05, 0.1) is 11.1 Å². The van der Waals surface area contributed by atoms with E-state index in [1.54, 1.807) is 60.7 Å². The first-order chi connectivity index (χ1) is 13.9. The Balaban J connectivity index is 1.89. The van der Waals surface area contributed by atoms with Crippen molar-refractivity contribution in [2.24, 2.45) is 0 Å². The molecule has 1 aliphatic rings. The van der Waals surface area contributed by atoms with Crippen LogP contribution < -0.4 is 0 Å². The normalized spacial score (nSPS) is 18.3. The lowest BCUT2D eigenvalue weighted by Crippen LogP contribution is -2.45. The van der Waals surface area contributed by atoms with Crippen LogP contribution in [-0.2, 0) is 19.1 Å². The van der Waals surface area contributed by atoms with Gasteiger partial charge in [0.2, 0.25) is 24.3 Å². The van der Waals surface area contributed by atoms with Gasteiger partial charge in [-0.3, -0.25) is 19.4 Å². The summed E-state index contributed by atoms with van der Waals surface area (Å²) in [6.45, 7) is 2.40. The van der Waals surface area contributed by atoms with Gasteiger partial charge in [0, 0.05) is 13.8 Å². The molecule has 2 aromatic rings. The lowest BCUT2D eigenvalue weighted by Gasteiger charge is -2.26. The van der Waals surface area contributed by atoms with Crippen LogP contribution >= 0.6 is 0 Å². The highest BCUT2D eigenvalue weighted by atomic mass is 16.6. The van der Waals surface area contributed by atoms with Crippen LogP contribution in [0.5, 0.6) is 0 Å². The number of hydrogen-bond acceptors (Lipinski definition) is 6. The third-order valence-electron chi connectivity index (χ3n) is 4.45. The quantitative estimate of drug-likeness (QED) is 0.734. The SMILES string of the molecule is CC(=O)N1CN(C(C)=O)[C@@H](OC(=O)c2ccccc2)[C@H]1OC(=O)c1ccccc1. The van der Waals surface area contributed by atoms with Crippen molar-refractivity contribution in [3.63, 3.8) is 0 Å². The zero-order valence-electron chi connectivity index (χ0n) is 16.0. The molecule has 2 aromatic carbocycles. The van der Waals surface area contributed by atoms with E-state index in [0.29, 0.717) is 0 Å². The van der Waals surface area contributed by atoms with Gasteiger partial charge in [0.1, 0.15) is 6.67 Å². The van der Waals surface area contributed by atoms with Gasteiger partial charge in [-0.05, 0) is 24.3 Å². The molecule has 8 nitrogen and oxygen atoms in total. The Labute approximate surface area is 167 Å². The average Bonchev–Trinajstić information content (AvgIpc) is 3.07. The second-order valence-electron chi connectivity index (χ2n) is 6.44. The first-order valence-electron chi connectivity index (χ1n) is 8.95. The summed E-state index contributed by atoms with van der Waals surface area (Å²) in [5, 5.41) is 0. The van der Waals surface area contributed by atoms with Gasteiger partial charge < -0.3 is 9.47 Å². The van der Waals surface area contributed by atoms with Crippen molar-refractivity contribution in [1.82, 2.24) is 9.80 Å². The van der Waals surface area contributed by atoms with E-state index in [-0.39, 0.29) is 17.8 Å². The van der Waals surface area contributed by atoms with Crippen molar-refractivity contribution in [3.8, 4) is 0 Å². The van der Waals surface area contributed by atoms with E-state index in [2.05, 4.69) is 0 Å². The van der Waals surface area contributed by atoms with Gasteiger partial charge in [-0.25, -0.2) is 9.59 Å². The van der Waals surface area contributed by atoms with E-state index in [4.69, 9.17) is 9.47 Å². The molecule has 0 saturated carbocycles. The van der Waals surface area contributed by atoms with Crippen molar-refractivity contribution in [1.29, 1.82) is 0 Å². The monoisotopic (exact) mass is 396 g/mol. The number of carbonyl (C=O) groups excluding carboxylic acids is 4. The van der Waals surface area contributed by atoms with Gasteiger partial charge in [-0.15, -0.1) is 0 Å². The number of rotatable bonds is 4. The summed E-state index contributed by atoms with van der Waals surface area (Å²) in [5.74, 6) is -2.26. The second-order valence-corrected chi connectivity index (χ2v) is 6.44. The van der Waals surface area contributed by atoms with E-state index < -0.39 is 36.2 Å². The molecule has 3 rings (SSSR count). The smallest absolute Gasteiger partial charge is 0.340 e. The summed E-state index contributed by atoms with van der Waals surface area (Å²) in [5.41, 5.74) is 0.538. The number of nitrogens with zero attached hydrogens (tertiary/aromatic N) is 2.